The van der Waals surface area contributed by atoms with Crippen molar-refractivity contribution in [3.05, 3.63) is 17.8 Å². The highest BCUT2D eigenvalue weighted by atomic mass is 16.2. The van der Waals surface area contributed by atoms with Gasteiger partial charge in [0, 0.05) is 12.6 Å². The molecule has 1 atom stereocenters. The van der Waals surface area contributed by atoms with Gasteiger partial charge in [0.05, 0.1) is 11.9 Å². The van der Waals surface area contributed by atoms with Crippen LogP contribution in [0.3, 0.4) is 0 Å². The zero-order valence-corrected chi connectivity index (χ0v) is 11.8. The van der Waals surface area contributed by atoms with Crippen LogP contribution in [-0.4, -0.2) is 34.3 Å². The highest BCUT2D eigenvalue weighted by Crippen LogP contribution is 2.17. The molecule has 0 spiro atoms. The van der Waals surface area contributed by atoms with Crippen LogP contribution in [0.4, 0.5) is 11.5 Å². The number of nitrogens with zero attached hydrogens (tertiary/aromatic N) is 2. The maximum absolute atomic E-state index is 12.1. The fraction of sp³-hybridized carbons (Fsp3) is 0.500. The van der Waals surface area contributed by atoms with Gasteiger partial charge < -0.3 is 16.0 Å². The molecular formula is C14H20N4O2. The van der Waals surface area contributed by atoms with Crippen molar-refractivity contribution in [3.63, 3.8) is 0 Å². The molecule has 1 aliphatic heterocycles. The Kier molecular flexibility index (Phi) is 4.22. The summed E-state index contributed by atoms with van der Waals surface area (Å²) in [6, 6.07) is 1.82. The molecule has 1 aromatic rings. The Hall–Kier alpha value is -2.11. The standard InChI is InChI=1S/C14H20N4O2/c1-9-7-11(8-16-12(9)15)17-13(19)14(20)18-6-4-3-5-10(18)2/h7-8,10H,3-6H2,1-2H3,(H2,15,16)(H,17,19)/t10-/m1/s1. The van der Waals surface area contributed by atoms with Crippen molar-refractivity contribution < 1.29 is 9.59 Å². The quantitative estimate of drug-likeness (QED) is 0.757. The van der Waals surface area contributed by atoms with Crippen LogP contribution in [0.1, 0.15) is 31.7 Å². The summed E-state index contributed by atoms with van der Waals surface area (Å²) in [6.07, 6.45) is 4.45. The largest absolute Gasteiger partial charge is 0.383 e. The molecule has 20 heavy (non-hydrogen) atoms. The molecule has 108 valence electrons. The number of hydrogen-bond donors (Lipinski definition) is 2. The van der Waals surface area contributed by atoms with E-state index in [2.05, 4.69) is 10.3 Å². The fourth-order valence-electron chi connectivity index (χ4n) is 2.37. The van der Waals surface area contributed by atoms with Gasteiger partial charge in [-0.15, -0.1) is 0 Å². The van der Waals surface area contributed by atoms with E-state index < -0.39 is 11.8 Å². The number of carbonyl (C=O) groups excluding carboxylic acids is 2. The highest BCUT2D eigenvalue weighted by molar-refractivity contribution is 6.39. The molecule has 1 fully saturated rings. The van der Waals surface area contributed by atoms with Gasteiger partial charge in [-0.2, -0.15) is 0 Å². The number of piperidine rings is 1. The van der Waals surface area contributed by atoms with E-state index in [1.165, 1.54) is 6.20 Å². The number of aromatic nitrogens is 1. The second-order valence-electron chi connectivity index (χ2n) is 5.22. The van der Waals surface area contributed by atoms with Crippen LogP contribution in [-0.2, 0) is 9.59 Å². The first-order valence-corrected chi connectivity index (χ1v) is 6.83. The van der Waals surface area contributed by atoms with Crippen molar-refractivity contribution in [2.24, 2.45) is 0 Å². The third-order valence-electron chi connectivity index (χ3n) is 3.63. The Morgan fingerprint density at radius 1 is 1.45 bits per heavy atom. The van der Waals surface area contributed by atoms with Gasteiger partial charge in [-0.25, -0.2) is 4.98 Å². The number of hydrogen-bond acceptors (Lipinski definition) is 4. The monoisotopic (exact) mass is 276 g/mol. The van der Waals surface area contributed by atoms with Gasteiger partial charge in [-0.3, -0.25) is 9.59 Å². The molecule has 6 nitrogen and oxygen atoms in total. The summed E-state index contributed by atoms with van der Waals surface area (Å²) in [7, 11) is 0. The molecule has 0 aliphatic carbocycles. The summed E-state index contributed by atoms with van der Waals surface area (Å²) in [5, 5.41) is 2.58. The highest BCUT2D eigenvalue weighted by Gasteiger charge is 2.28. The van der Waals surface area contributed by atoms with Crippen LogP contribution >= 0.6 is 0 Å². The predicted octanol–water partition coefficient (Wildman–Crippen LogP) is 1.31. The average molecular weight is 276 g/mol. The first-order valence-electron chi connectivity index (χ1n) is 6.83. The van der Waals surface area contributed by atoms with Crippen LogP contribution < -0.4 is 11.1 Å². The fourth-order valence-corrected chi connectivity index (χ4v) is 2.37. The predicted molar refractivity (Wildman–Crippen MR) is 77.0 cm³/mol. The molecule has 0 bridgehead atoms. The van der Waals surface area contributed by atoms with E-state index >= 15 is 0 Å². The summed E-state index contributed by atoms with van der Waals surface area (Å²) >= 11 is 0. The van der Waals surface area contributed by atoms with Gasteiger partial charge in [0.25, 0.3) is 0 Å². The Bertz CT molecular complexity index is 530. The molecule has 2 heterocycles. The summed E-state index contributed by atoms with van der Waals surface area (Å²) in [4.78, 5) is 29.7. The zero-order chi connectivity index (χ0) is 14.7. The lowest BCUT2D eigenvalue weighted by atomic mass is 10.0. The molecule has 1 aliphatic rings. The molecule has 1 saturated heterocycles. The smallest absolute Gasteiger partial charge is 0.313 e. The van der Waals surface area contributed by atoms with Crippen molar-refractivity contribution in [2.75, 3.05) is 17.6 Å². The topological polar surface area (TPSA) is 88.3 Å². The molecule has 2 rings (SSSR count). The molecule has 0 radical (unpaired) electrons. The number of aryl methyl sites for hydroxylation is 1. The van der Waals surface area contributed by atoms with E-state index in [0.717, 1.165) is 24.8 Å². The van der Waals surface area contributed by atoms with Gasteiger partial charge >= 0.3 is 11.8 Å². The number of nitrogens with two attached hydrogens (primary N) is 1. The maximum atomic E-state index is 12.1. The van der Waals surface area contributed by atoms with Crippen LogP contribution in [0.2, 0.25) is 0 Å². The van der Waals surface area contributed by atoms with Crippen molar-refractivity contribution >= 4 is 23.3 Å². The van der Waals surface area contributed by atoms with E-state index in [4.69, 9.17) is 5.73 Å². The van der Waals surface area contributed by atoms with Crippen molar-refractivity contribution in [3.8, 4) is 0 Å². The molecule has 2 amide bonds. The number of nitrogen functional groups attached to an aromatic ring is 1. The lowest BCUT2D eigenvalue weighted by Gasteiger charge is -2.32. The second kappa shape index (κ2) is 5.90. The van der Waals surface area contributed by atoms with Gasteiger partial charge in [0.1, 0.15) is 5.82 Å². The molecular weight excluding hydrogens is 256 g/mol. The number of pyridine rings is 1. The Balaban J connectivity index is 2.03. The van der Waals surface area contributed by atoms with Gasteiger partial charge in [0.2, 0.25) is 0 Å². The average Bonchev–Trinajstić information content (AvgIpc) is 2.42. The van der Waals surface area contributed by atoms with Gasteiger partial charge in [-0.05, 0) is 44.7 Å². The van der Waals surface area contributed by atoms with E-state index in [1.807, 2.05) is 6.92 Å². The van der Waals surface area contributed by atoms with E-state index in [9.17, 15) is 9.59 Å². The van der Waals surface area contributed by atoms with E-state index in [-0.39, 0.29) is 6.04 Å². The number of carbonyl (C=O) groups is 2. The number of nitrogens with one attached hydrogen (secondary N) is 1. The first-order chi connectivity index (χ1) is 9.49. The van der Waals surface area contributed by atoms with Crippen LogP contribution in [0.5, 0.6) is 0 Å². The van der Waals surface area contributed by atoms with Crippen LogP contribution in [0.15, 0.2) is 12.3 Å². The molecule has 3 N–H and O–H groups in total. The minimum absolute atomic E-state index is 0.119. The van der Waals surface area contributed by atoms with Crippen LogP contribution in [0.25, 0.3) is 0 Å². The minimum atomic E-state index is -0.621. The van der Waals surface area contributed by atoms with Gasteiger partial charge in [-0.1, -0.05) is 0 Å². The number of anilines is 2. The summed E-state index contributed by atoms with van der Waals surface area (Å²) in [6.45, 7) is 4.41. The van der Waals surface area contributed by atoms with E-state index in [1.54, 1.807) is 17.9 Å². The molecule has 6 heteroatoms. The van der Waals surface area contributed by atoms with Crippen LogP contribution in [0, 0.1) is 6.92 Å². The van der Waals surface area contributed by atoms with Crippen molar-refractivity contribution in [2.45, 2.75) is 39.2 Å². The molecule has 0 aromatic carbocycles. The lowest BCUT2D eigenvalue weighted by Crippen LogP contribution is -2.47. The molecule has 0 saturated carbocycles. The second-order valence-corrected chi connectivity index (χ2v) is 5.22. The normalized spacial score (nSPS) is 18.7. The van der Waals surface area contributed by atoms with Crippen molar-refractivity contribution in [1.82, 2.24) is 9.88 Å². The molecule has 0 unspecified atom stereocenters. The first kappa shape index (κ1) is 14.3. The van der Waals surface area contributed by atoms with Crippen molar-refractivity contribution in [1.29, 1.82) is 0 Å². The number of rotatable bonds is 1. The maximum Gasteiger partial charge on any atom is 0.313 e. The summed E-state index contributed by atoms with van der Waals surface area (Å²) < 4.78 is 0. The third kappa shape index (κ3) is 3.07. The number of likely N-dealkylation sites (tertiary alicyclic amines) is 1. The minimum Gasteiger partial charge on any atom is -0.383 e. The summed E-state index contributed by atoms with van der Waals surface area (Å²) in [5.41, 5.74) is 6.87. The molecule has 1 aromatic heterocycles. The zero-order valence-electron chi connectivity index (χ0n) is 11.8. The Labute approximate surface area is 118 Å². The summed E-state index contributed by atoms with van der Waals surface area (Å²) in [5.74, 6) is -0.685. The SMILES string of the molecule is Cc1cc(NC(=O)C(=O)N2CCCC[C@H]2C)cnc1N. The Morgan fingerprint density at radius 2 is 2.20 bits per heavy atom. The van der Waals surface area contributed by atoms with E-state index in [0.29, 0.717) is 18.1 Å². The lowest BCUT2D eigenvalue weighted by molar-refractivity contribution is -0.145. The van der Waals surface area contributed by atoms with Gasteiger partial charge in [0.15, 0.2) is 0 Å². The Morgan fingerprint density at radius 3 is 2.85 bits per heavy atom. The third-order valence-corrected chi connectivity index (χ3v) is 3.63. The number of amides is 2.